The molecule has 0 radical (unpaired) electrons. The second-order valence-corrected chi connectivity index (χ2v) is 3.90. The van der Waals surface area contributed by atoms with Crippen LogP contribution in [0.25, 0.3) is 11.5 Å². The van der Waals surface area contributed by atoms with E-state index in [9.17, 15) is 0 Å². The van der Waals surface area contributed by atoms with Crippen molar-refractivity contribution in [2.45, 2.75) is 0 Å². The average Bonchev–Trinajstić information content (AvgIpc) is 2.95. The Morgan fingerprint density at radius 2 is 2.24 bits per heavy atom. The van der Waals surface area contributed by atoms with Gasteiger partial charge in [0.25, 0.3) is 0 Å². The van der Waals surface area contributed by atoms with Crippen LogP contribution in [0.15, 0.2) is 31.0 Å². The maximum Gasteiger partial charge on any atom is 0.199 e. The fourth-order valence-corrected chi connectivity index (χ4v) is 1.74. The summed E-state index contributed by atoms with van der Waals surface area (Å²) >= 11 is 5.86. The second-order valence-electron chi connectivity index (χ2n) is 3.46. The van der Waals surface area contributed by atoms with E-state index in [1.807, 2.05) is 23.8 Å². The van der Waals surface area contributed by atoms with Crippen molar-refractivity contribution in [2.75, 3.05) is 12.4 Å². The molecule has 0 aliphatic carbocycles. The number of aromatic nitrogens is 5. The van der Waals surface area contributed by atoms with Crippen molar-refractivity contribution in [1.82, 2.24) is 24.1 Å². The Kier molecular flexibility index (Phi) is 2.22. The van der Waals surface area contributed by atoms with Crippen LogP contribution >= 0.6 is 11.6 Å². The van der Waals surface area contributed by atoms with E-state index in [2.05, 4.69) is 20.4 Å². The summed E-state index contributed by atoms with van der Waals surface area (Å²) in [7, 11) is 1.81. The third kappa shape index (κ3) is 1.62. The summed E-state index contributed by atoms with van der Waals surface area (Å²) in [6.45, 7) is 0. The molecule has 0 spiro atoms. The quantitative estimate of drug-likeness (QED) is 0.749. The molecule has 1 N–H and O–H groups in total. The minimum absolute atomic E-state index is 0.561. The van der Waals surface area contributed by atoms with E-state index in [-0.39, 0.29) is 0 Å². The molecule has 3 rings (SSSR count). The van der Waals surface area contributed by atoms with Gasteiger partial charge in [-0.15, -0.1) is 0 Å². The minimum Gasteiger partial charge on any atom is -0.372 e. The summed E-state index contributed by atoms with van der Waals surface area (Å²) in [6, 6.07) is 0. The molecule has 0 saturated heterocycles. The van der Waals surface area contributed by atoms with E-state index in [0.29, 0.717) is 10.8 Å². The Labute approximate surface area is 102 Å². The van der Waals surface area contributed by atoms with Gasteiger partial charge >= 0.3 is 0 Å². The zero-order chi connectivity index (χ0) is 11.8. The Morgan fingerprint density at radius 3 is 2.94 bits per heavy atom. The van der Waals surface area contributed by atoms with Crippen molar-refractivity contribution in [2.24, 2.45) is 0 Å². The first kappa shape index (κ1) is 10.1. The molecule has 3 aromatic rings. The lowest BCUT2D eigenvalue weighted by Crippen LogP contribution is -2.05. The molecule has 0 aliphatic rings. The van der Waals surface area contributed by atoms with Crippen LogP contribution in [0.1, 0.15) is 0 Å². The number of nitrogens with one attached hydrogen (secondary N) is 1. The van der Waals surface area contributed by atoms with Gasteiger partial charge < -0.3 is 9.72 Å². The molecule has 0 unspecified atom stereocenters. The maximum atomic E-state index is 5.86. The normalized spacial score (nSPS) is 10.9. The van der Waals surface area contributed by atoms with Crippen molar-refractivity contribution < 1.29 is 0 Å². The monoisotopic (exact) mass is 248 g/mol. The number of anilines is 1. The van der Waals surface area contributed by atoms with Gasteiger partial charge in [-0.1, -0.05) is 11.6 Å². The summed E-state index contributed by atoms with van der Waals surface area (Å²) in [5.41, 5.74) is 0.726. The lowest BCUT2D eigenvalue weighted by Gasteiger charge is -2.06. The molecular weight excluding hydrogens is 240 g/mol. The minimum atomic E-state index is 0.561. The number of fused-ring (bicyclic) bond motifs is 1. The van der Waals surface area contributed by atoms with Crippen LogP contribution in [0.4, 0.5) is 5.82 Å². The van der Waals surface area contributed by atoms with Crippen LogP contribution in [-0.2, 0) is 0 Å². The van der Waals surface area contributed by atoms with Crippen LogP contribution in [0, 0.1) is 0 Å². The van der Waals surface area contributed by atoms with Gasteiger partial charge in [-0.2, -0.15) is 5.10 Å². The predicted molar refractivity (Wildman–Crippen MR) is 64.7 cm³/mol. The Bertz CT molecular complexity index is 670. The van der Waals surface area contributed by atoms with E-state index >= 15 is 0 Å². The van der Waals surface area contributed by atoms with Gasteiger partial charge in [0.1, 0.15) is 5.82 Å². The summed E-state index contributed by atoms with van der Waals surface area (Å²) < 4.78 is 3.48. The molecule has 0 fully saturated rings. The molecule has 0 bridgehead atoms. The number of nitrogens with zero attached hydrogens (tertiary/aromatic N) is 5. The van der Waals surface area contributed by atoms with Crippen molar-refractivity contribution in [3.63, 3.8) is 0 Å². The summed E-state index contributed by atoms with van der Waals surface area (Å²) in [4.78, 5) is 8.67. The Hall–Kier alpha value is -2.08. The van der Waals surface area contributed by atoms with Crippen LogP contribution < -0.4 is 5.32 Å². The highest BCUT2D eigenvalue weighted by Gasteiger charge is 2.09. The molecule has 7 heteroatoms. The van der Waals surface area contributed by atoms with Crippen LogP contribution in [0.5, 0.6) is 0 Å². The largest absolute Gasteiger partial charge is 0.372 e. The average molecular weight is 249 g/mol. The van der Waals surface area contributed by atoms with Crippen molar-refractivity contribution in [1.29, 1.82) is 0 Å². The van der Waals surface area contributed by atoms with Gasteiger partial charge in [0, 0.05) is 19.4 Å². The number of hydrogen-bond donors (Lipinski definition) is 1. The van der Waals surface area contributed by atoms with E-state index in [4.69, 9.17) is 11.6 Å². The third-order valence-corrected chi connectivity index (χ3v) is 2.58. The van der Waals surface area contributed by atoms with Gasteiger partial charge in [-0.05, 0) is 0 Å². The smallest absolute Gasteiger partial charge is 0.199 e. The van der Waals surface area contributed by atoms with Gasteiger partial charge in [-0.25, -0.2) is 14.6 Å². The van der Waals surface area contributed by atoms with Gasteiger partial charge in [0.2, 0.25) is 0 Å². The molecule has 0 aromatic carbocycles. The molecule has 3 aromatic heterocycles. The lowest BCUT2D eigenvalue weighted by molar-refractivity contribution is 0.843. The van der Waals surface area contributed by atoms with Gasteiger partial charge in [0.15, 0.2) is 11.5 Å². The first-order chi connectivity index (χ1) is 8.28. The van der Waals surface area contributed by atoms with Gasteiger partial charge in [-0.3, -0.25) is 0 Å². The van der Waals surface area contributed by atoms with Crippen LogP contribution in [0.3, 0.4) is 0 Å². The topological polar surface area (TPSA) is 60.0 Å². The first-order valence-electron chi connectivity index (χ1n) is 5.00. The zero-order valence-corrected chi connectivity index (χ0v) is 9.76. The number of rotatable bonds is 2. The van der Waals surface area contributed by atoms with E-state index in [1.54, 1.807) is 23.3 Å². The molecule has 6 nitrogen and oxygen atoms in total. The highest BCUT2D eigenvalue weighted by Crippen LogP contribution is 2.16. The third-order valence-electron chi connectivity index (χ3n) is 2.38. The van der Waals surface area contributed by atoms with Crippen molar-refractivity contribution >= 4 is 23.1 Å². The summed E-state index contributed by atoms with van der Waals surface area (Å²) in [5, 5.41) is 7.69. The highest BCUT2D eigenvalue weighted by molar-refractivity contribution is 6.30. The molecule has 0 atom stereocenters. The standard InChI is InChI=1S/C10H9ClN6/c1-12-8-6-16-3-2-13-9(16)10(15-8)17-5-7(11)4-14-17/h2-6,12H,1H3. The van der Waals surface area contributed by atoms with E-state index < -0.39 is 0 Å². The molecule has 0 saturated carbocycles. The predicted octanol–water partition coefficient (Wildman–Crippen LogP) is 1.61. The first-order valence-corrected chi connectivity index (χ1v) is 5.38. The summed E-state index contributed by atoms with van der Waals surface area (Å²) in [6.07, 6.45) is 8.68. The van der Waals surface area contributed by atoms with Crippen molar-refractivity contribution in [3.05, 3.63) is 36.0 Å². The number of halogens is 1. The SMILES string of the molecule is CNc1cn2ccnc2c(-n2cc(Cl)cn2)n1. The van der Waals surface area contributed by atoms with E-state index in [0.717, 1.165) is 11.5 Å². The zero-order valence-electron chi connectivity index (χ0n) is 9.00. The maximum absolute atomic E-state index is 5.86. The van der Waals surface area contributed by atoms with E-state index in [1.165, 1.54) is 0 Å². The number of imidazole rings is 1. The fourth-order valence-electron chi connectivity index (χ4n) is 1.61. The van der Waals surface area contributed by atoms with Crippen molar-refractivity contribution in [3.8, 4) is 5.82 Å². The number of hydrogen-bond acceptors (Lipinski definition) is 4. The fraction of sp³-hybridized carbons (Fsp3) is 0.100. The molecular formula is C10H9ClN6. The Balaban J connectivity index is 2.29. The molecule has 86 valence electrons. The molecule has 17 heavy (non-hydrogen) atoms. The molecule has 3 heterocycles. The molecule has 0 aliphatic heterocycles. The van der Waals surface area contributed by atoms with Crippen LogP contribution in [-0.4, -0.2) is 31.2 Å². The van der Waals surface area contributed by atoms with Crippen LogP contribution in [0.2, 0.25) is 5.02 Å². The highest BCUT2D eigenvalue weighted by atomic mass is 35.5. The second kappa shape index (κ2) is 3.74. The van der Waals surface area contributed by atoms with Gasteiger partial charge in [0.05, 0.1) is 23.6 Å². The Morgan fingerprint density at radius 1 is 1.35 bits per heavy atom. The summed E-state index contributed by atoms with van der Waals surface area (Å²) in [5.74, 6) is 1.37. The molecule has 0 amide bonds. The lowest BCUT2D eigenvalue weighted by atomic mass is 10.5.